The summed E-state index contributed by atoms with van der Waals surface area (Å²) in [5, 5.41) is 14.9. The molecule has 10 nitrogen and oxygen atoms in total. The number of phenolic OH excluding ortho intramolecular Hbond substituents is 1. The molecule has 0 bridgehead atoms. The minimum atomic E-state index is -1.33. The molecule has 1 aromatic carbocycles. The van der Waals surface area contributed by atoms with Crippen molar-refractivity contribution in [2.24, 2.45) is 5.73 Å². The Balaban J connectivity index is 3.24. The summed E-state index contributed by atoms with van der Waals surface area (Å²) in [7, 11) is 1.40. The van der Waals surface area contributed by atoms with E-state index in [1.54, 1.807) is 20.8 Å². The van der Waals surface area contributed by atoms with E-state index >= 15 is 0 Å². The van der Waals surface area contributed by atoms with Crippen LogP contribution in [0.5, 0.6) is 5.75 Å². The number of nitrogens with zero attached hydrogens (tertiary/aromatic N) is 1. The molecule has 0 spiro atoms. The van der Waals surface area contributed by atoms with Crippen molar-refractivity contribution in [3.8, 4) is 5.75 Å². The summed E-state index contributed by atoms with van der Waals surface area (Å²) in [6.45, 7) is 8.83. The Morgan fingerprint density at radius 2 is 1.70 bits per heavy atom. The first-order valence-electron chi connectivity index (χ1n) is 10.9. The molecule has 0 aliphatic carbocycles. The molecule has 0 saturated heterocycles. The third-order valence-corrected chi connectivity index (χ3v) is 4.70. The maximum atomic E-state index is 13.3. The van der Waals surface area contributed by atoms with Crippen molar-refractivity contribution < 1.29 is 29.0 Å². The molecule has 1 rings (SSSR count). The minimum absolute atomic E-state index is 0.00411. The highest BCUT2D eigenvalue weighted by Gasteiger charge is 2.35. The molecule has 3 atom stereocenters. The highest BCUT2D eigenvalue weighted by atomic mass is 16.6. The van der Waals surface area contributed by atoms with Crippen LogP contribution in [0.3, 0.4) is 0 Å². The van der Waals surface area contributed by atoms with Crippen LogP contribution in [0.2, 0.25) is 0 Å². The first-order chi connectivity index (χ1) is 15.2. The zero-order valence-electron chi connectivity index (χ0n) is 20.2. The fourth-order valence-corrected chi connectivity index (χ4v) is 3.26. The predicted octanol–water partition coefficient (Wildman–Crippen LogP) is 1.97. The van der Waals surface area contributed by atoms with E-state index < -0.39 is 47.9 Å². The molecule has 3 unspecified atom stereocenters. The molecule has 0 aliphatic heterocycles. The Morgan fingerprint density at radius 3 is 2.18 bits per heavy atom. The van der Waals surface area contributed by atoms with Crippen molar-refractivity contribution in [3.05, 3.63) is 29.8 Å². The van der Waals surface area contributed by atoms with Crippen LogP contribution in [0.25, 0.3) is 0 Å². The van der Waals surface area contributed by atoms with E-state index in [4.69, 9.17) is 10.5 Å². The number of carbonyl (C=O) groups is 4. The van der Waals surface area contributed by atoms with Gasteiger partial charge in [-0.25, -0.2) is 4.79 Å². The van der Waals surface area contributed by atoms with E-state index in [2.05, 4.69) is 10.6 Å². The lowest BCUT2D eigenvalue weighted by atomic mass is 10.0. The fraction of sp³-hybridized carbons (Fsp3) is 0.565. The number of primary amides is 1. The topological polar surface area (TPSA) is 151 Å². The molecule has 0 fully saturated rings. The van der Waals surface area contributed by atoms with E-state index in [1.165, 1.54) is 31.3 Å². The lowest BCUT2D eigenvalue weighted by Crippen LogP contribution is -2.53. The first-order valence-corrected chi connectivity index (χ1v) is 10.9. The number of alkyl carbamates (subject to hydrolysis) is 1. The SMILES string of the molecule is CCCC(C)NC(=O)C(c1ccc(O)cc1)N(C)C(=O)C(CC(N)=O)NC(=O)OC(C)(C)C. The Labute approximate surface area is 194 Å². The van der Waals surface area contributed by atoms with Gasteiger partial charge in [0.25, 0.3) is 0 Å². The second kappa shape index (κ2) is 12.1. The zero-order valence-corrected chi connectivity index (χ0v) is 20.2. The number of hydrogen-bond acceptors (Lipinski definition) is 6. The van der Waals surface area contributed by atoms with E-state index in [0.29, 0.717) is 5.56 Å². The van der Waals surface area contributed by atoms with Gasteiger partial charge < -0.3 is 31.1 Å². The summed E-state index contributed by atoms with van der Waals surface area (Å²) >= 11 is 0. The number of hydrogen-bond donors (Lipinski definition) is 4. The largest absolute Gasteiger partial charge is 0.508 e. The summed E-state index contributed by atoms with van der Waals surface area (Å²) in [5.74, 6) is -1.94. The lowest BCUT2D eigenvalue weighted by molar-refractivity contribution is -0.142. The fourth-order valence-electron chi connectivity index (χ4n) is 3.26. The van der Waals surface area contributed by atoms with Crippen molar-refractivity contribution in [2.45, 2.75) is 77.6 Å². The molecular weight excluding hydrogens is 428 g/mol. The summed E-state index contributed by atoms with van der Waals surface area (Å²) < 4.78 is 5.18. The Bertz CT molecular complexity index is 834. The number of nitrogens with one attached hydrogen (secondary N) is 2. The van der Waals surface area contributed by atoms with Crippen molar-refractivity contribution in [3.63, 3.8) is 0 Å². The lowest BCUT2D eigenvalue weighted by Gasteiger charge is -2.32. The van der Waals surface area contributed by atoms with Crippen molar-refractivity contribution in [2.75, 3.05) is 7.05 Å². The Hall–Kier alpha value is -3.30. The number of ether oxygens (including phenoxy) is 1. The summed E-state index contributed by atoms with van der Waals surface area (Å²) in [6, 6.07) is 3.33. The van der Waals surface area contributed by atoms with Gasteiger partial charge in [0.05, 0.1) is 6.42 Å². The van der Waals surface area contributed by atoms with Gasteiger partial charge in [-0.15, -0.1) is 0 Å². The number of phenols is 1. The Kier molecular flexibility index (Phi) is 10.2. The summed E-state index contributed by atoms with van der Waals surface area (Å²) in [5.41, 5.74) is 4.91. The molecule has 10 heteroatoms. The summed E-state index contributed by atoms with van der Waals surface area (Å²) in [4.78, 5) is 51.4. The molecule has 0 aliphatic rings. The number of nitrogens with two attached hydrogens (primary N) is 1. The van der Waals surface area contributed by atoms with Crippen LogP contribution in [0.1, 0.15) is 65.5 Å². The minimum Gasteiger partial charge on any atom is -0.508 e. The quantitative estimate of drug-likeness (QED) is 0.415. The molecule has 0 heterocycles. The second-order valence-electron chi connectivity index (χ2n) is 9.01. The van der Waals surface area contributed by atoms with Crippen molar-refractivity contribution in [1.29, 1.82) is 0 Å². The standard InChI is InChI=1S/C23H36N4O6/c1-7-8-14(2)25-20(30)19(15-9-11-16(28)12-10-15)27(6)21(31)17(13-18(24)29)26-22(32)33-23(3,4)5/h9-12,14,17,19,28H,7-8,13H2,1-6H3,(H2,24,29)(H,25,30)(H,26,32). The predicted molar refractivity (Wildman–Crippen MR) is 123 cm³/mol. The van der Waals surface area contributed by atoms with Gasteiger partial charge in [0.1, 0.15) is 23.4 Å². The van der Waals surface area contributed by atoms with Crippen LogP contribution in [-0.2, 0) is 19.1 Å². The number of amides is 4. The normalized spacial score (nSPS) is 13.9. The van der Waals surface area contributed by atoms with Gasteiger partial charge in [-0.1, -0.05) is 25.5 Å². The molecule has 0 radical (unpaired) electrons. The molecule has 0 saturated carbocycles. The van der Waals surface area contributed by atoms with Gasteiger partial charge in [0.15, 0.2) is 0 Å². The van der Waals surface area contributed by atoms with Crippen LogP contribution in [0, 0.1) is 0 Å². The summed E-state index contributed by atoms with van der Waals surface area (Å²) in [6.07, 6.45) is 0.243. The van der Waals surface area contributed by atoms with Crippen LogP contribution < -0.4 is 16.4 Å². The van der Waals surface area contributed by atoms with Gasteiger partial charge in [0.2, 0.25) is 17.7 Å². The third kappa shape index (κ3) is 9.38. The Morgan fingerprint density at radius 1 is 1.12 bits per heavy atom. The highest BCUT2D eigenvalue weighted by Crippen LogP contribution is 2.24. The van der Waals surface area contributed by atoms with Gasteiger partial charge in [0, 0.05) is 13.1 Å². The van der Waals surface area contributed by atoms with E-state index in [-0.39, 0.29) is 11.8 Å². The smallest absolute Gasteiger partial charge is 0.408 e. The molecular formula is C23H36N4O6. The average Bonchev–Trinajstić information content (AvgIpc) is 2.66. The maximum Gasteiger partial charge on any atom is 0.408 e. The second-order valence-corrected chi connectivity index (χ2v) is 9.01. The monoisotopic (exact) mass is 464 g/mol. The molecule has 5 N–H and O–H groups in total. The third-order valence-electron chi connectivity index (χ3n) is 4.70. The van der Waals surface area contributed by atoms with Crippen LogP contribution >= 0.6 is 0 Å². The molecule has 1 aromatic rings. The van der Waals surface area contributed by atoms with E-state index in [0.717, 1.165) is 17.7 Å². The first kappa shape index (κ1) is 27.7. The van der Waals surface area contributed by atoms with E-state index in [1.807, 2.05) is 13.8 Å². The number of carbonyl (C=O) groups excluding carboxylic acids is 4. The molecule has 0 aromatic heterocycles. The number of likely N-dealkylation sites (N-methyl/N-ethyl adjacent to an activating group) is 1. The van der Waals surface area contributed by atoms with Crippen LogP contribution in [-0.4, -0.2) is 58.6 Å². The van der Waals surface area contributed by atoms with Gasteiger partial charge >= 0.3 is 6.09 Å². The number of aromatic hydroxyl groups is 1. The number of rotatable bonds is 10. The van der Waals surface area contributed by atoms with Crippen molar-refractivity contribution >= 4 is 23.8 Å². The molecule has 33 heavy (non-hydrogen) atoms. The zero-order chi connectivity index (χ0) is 25.3. The van der Waals surface area contributed by atoms with Crippen LogP contribution in [0.4, 0.5) is 4.79 Å². The highest BCUT2D eigenvalue weighted by molar-refractivity contribution is 5.94. The molecule has 4 amide bonds. The number of benzene rings is 1. The van der Waals surface area contributed by atoms with Gasteiger partial charge in [-0.05, 0) is 51.8 Å². The average molecular weight is 465 g/mol. The van der Waals surface area contributed by atoms with Crippen molar-refractivity contribution in [1.82, 2.24) is 15.5 Å². The van der Waals surface area contributed by atoms with Gasteiger partial charge in [-0.3, -0.25) is 14.4 Å². The van der Waals surface area contributed by atoms with Crippen LogP contribution in [0.15, 0.2) is 24.3 Å². The molecule has 184 valence electrons. The maximum absolute atomic E-state index is 13.3. The van der Waals surface area contributed by atoms with Gasteiger partial charge in [-0.2, -0.15) is 0 Å². The van der Waals surface area contributed by atoms with E-state index in [9.17, 15) is 24.3 Å².